The largest absolute Gasteiger partial charge is 0.377 e. The molecule has 0 aliphatic rings. The Hall–Kier alpha value is -2.83. The highest BCUT2D eigenvalue weighted by molar-refractivity contribution is 5.92. The van der Waals surface area contributed by atoms with E-state index >= 15 is 0 Å². The van der Waals surface area contributed by atoms with Gasteiger partial charge in [0.15, 0.2) is 0 Å². The Balaban J connectivity index is 2.06. The highest BCUT2D eigenvalue weighted by atomic mass is 16.1. The van der Waals surface area contributed by atoms with Crippen LogP contribution in [0.4, 0.5) is 5.69 Å². The van der Waals surface area contributed by atoms with Crippen molar-refractivity contribution in [3.8, 4) is 0 Å². The molecule has 0 unspecified atom stereocenters. The molecule has 3 rings (SSSR count). The summed E-state index contributed by atoms with van der Waals surface area (Å²) in [5.41, 5.74) is -0.0605. The summed E-state index contributed by atoms with van der Waals surface area (Å²) in [6, 6.07) is 5.09. The number of nitrogens with zero attached hydrogens (tertiary/aromatic N) is 1. The standard InChI is InChI=1S/C12H11N5O2/c18-11-7-2-1-3-8(10(7)12(19)17-16-11)15-6-9-13-4-5-14-9/h1-5,15H,6H2,(H,13,14)(H,16,18)(H,17,19). The molecule has 7 heteroatoms. The zero-order valence-electron chi connectivity index (χ0n) is 9.86. The minimum absolute atomic E-state index is 0.323. The van der Waals surface area contributed by atoms with E-state index in [0.29, 0.717) is 23.0 Å². The normalized spacial score (nSPS) is 10.7. The maximum atomic E-state index is 11.8. The van der Waals surface area contributed by atoms with Crippen molar-refractivity contribution >= 4 is 16.5 Å². The van der Waals surface area contributed by atoms with Crippen LogP contribution in [0.25, 0.3) is 10.8 Å². The molecule has 0 amide bonds. The fourth-order valence-electron chi connectivity index (χ4n) is 1.95. The van der Waals surface area contributed by atoms with Crippen molar-refractivity contribution in [1.29, 1.82) is 0 Å². The molecule has 19 heavy (non-hydrogen) atoms. The van der Waals surface area contributed by atoms with Gasteiger partial charge in [0.2, 0.25) is 0 Å². The SMILES string of the molecule is O=c1[nH][nH]c(=O)c2c(NCc3ncc[nH]3)cccc12. The average Bonchev–Trinajstić information content (AvgIpc) is 2.94. The van der Waals surface area contributed by atoms with E-state index in [1.165, 1.54) is 0 Å². The molecule has 0 spiro atoms. The summed E-state index contributed by atoms with van der Waals surface area (Å²) in [5, 5.41) is 8.41. The molecule has 0 aliphatic heterocycles. The van der Waals surface area contributed by atoms with Crippen LogP contribution in [0.5, 0.6) is 0 Å². The Kier molecular flexibility index (Phi) is 2.64. The molecule has 2 heterocycles. The van der Waals surface area contributed by atoms with Crippen LogP contribution in [-0.2, 0) is 6.54 Å². The van der Waals surface area contributed by atoms with Crippen LogP contribution in [0.2, 0.25) is 0 Å². The molecule has 7 nitrogen and oxygen atoms in total. The van der Waals surface area contributed by atoms with Gasteiger partial charge in [-0.05, 0) is 12.1 Å². The zero-order chi connectivity index (χ0) is 13.2. The van der Waals surface area contributed by atoms with Crippen molar-refractivity contribution < 1.29 is 0 Å². The lowest BCUT2D eigenvalue weighted by molar-refractivity contribution is 0.972. The smallest absolute Gasteiger partial charge is 0.272 e. The van der Waals surface area contributed by atoms with Crippen molar-refractivity contribution in [3.05, 3.63) is 57.1 Å². The summed E-state index contributed by atoms with van der Waals surface area (Å²) in [6.07, 6.45) is 3.37. The van der Waals surface area contributed by atoms with E-state index in [0.717, 1.165) is 5.82 Å². The lowest BCUT2D eigenvalue weighted by atomic mass is 10.1. The summed E-state index contributed by atoms with van der Waals surface area (Å²) in [5.74, 6) is 0.748. The second-order valence-corrected chi connectivity index (χ2v) is 4.03. The van der Waals surface area contributed by atoms with E-state index in [9.17, 15) is 9.59 Å². The number of rotatable bonds is 3. The van der Waals surface area contributed by atoms with E-state index in [2.05, 4.69) is 25.5 Å². The highest BCUT2D eigenvalue weighted by Gasteiger charge is 2.08. The zero-order valence-corrected chi connectivity index (χ0v) is 9.86. The van der Waals surface area contributed by atoms with Gasteiger partial charge in [-0.1, -0.05) is 6.07 Å². The maximum absolute atomic E-state index is 11.8. The summed E-state index contributed by atoms with van der Waals surface area (Å²) in [4.78, 5) is 30.5. The van der Waals surface area contributed by atoms with Gasteiger partial charge in [0.1, 0.15) is 5.82 Å². The predicted octanol–water partition coefficient (Wildman–Crippen LogP) is 0.552. The lowest BCUT2D eigenvalue weighted by Gasteiger charge is -2.07. The fraction of sp³-hybridized carbons (Fsp3) is 0.0833. The quantitative estimate of drug-likeness (QED) is 0.549. The molecule has 0 saturated heterocycles. The molecule has 0 fully saturated rings. The first-order chi connectivity index (χ1) is 9.25. The van der Waals surface area contributed by atoms with Crippen LogP contribution in [0.1, 0.15) is 5.82 Å². The van der Waals surface area contributed by atoms with Crippen molar-refractivity contribution in [1.82, 2.24) is 20.2 Å². The van der Waals surface area contributed by atoms with Gasteiger partial charge in [-0.2, -0.15) is 0 Å². The summed E-state index contributed by atoms with van der Waals surface area (Å²) in [7, 11) is 0. The topological polar surface area (TPSA) is 106 Å². The first-order valence-electron chi connectivity index (χ1n) is 5.71. The van der Waals surface area contributed by atoms with Gasteiger partial charge in [-0.25, -0.2) is 4.98 Å². The monoisotopic (exact) mass is 257 g/mol. The number of nitrogens with one attached hydrogen (secondary N) is 4. The van der Waals surface area contributed by atoms with Crippen LogP contribution in [0.3, 0.4) is 0 Å². The molecule has 3 aromatic rings. The summed E-state index contributed by atoms with van der Waals surface area (Å²) >= 11 is 0. The number of anilines is 1. The van der Waals surface area contributed by atoms with E-state index in [-0.39, 0.29) is 11.1 Å². The van der Waals surface area contributed by atoms with Gasteiger partial charge >= 0.3 is 0 Å². The summed E-state index contributed by atoms with van der Waals surface area (Å²) < 4.78 is 0. The molecule has 2 aromatic heterocycles. The minimum atomic E-state index is -0.336. The number of fused-ring (bicyclic) bond motifs is 1. The molecular formula is C12H11N5O2. The van der Waals surface area contributed by atoms with Crippen LogP contribution in [-0.4, -0.2) is 20.2 Å². The third-order valence-electron chi connectivity index (χ3n) is 2.83. The third-order valence-corrected chi connectivity index (χ3v) is 2.83. The number of aromatic amines is 3. The fourth-order valence-corrected chi connectivity index (χ4v) is 1.95. The van der Waals surface area contributed by atoms with Crippen molar-refractivity contribution in [2.24, 2.45) is 0 Å². The molecule has 96 valence electrons. The van der Waals surface area contributed by atoms with Crippen molar-refractivity contribution in [3.63, 3.8) is 0 Å². The molecular weight excluding hydrogens is 246 g/mol. The number of aromatic nitrogens is 4. The van der Waals surface area contributed by atoms with Gasteiger partial charge in [-0.15, -0.1) is 0 Å². The number of H-pyrrole nitrogens is 3. The van der Waals surface area contributed by atoms with Crippen molar-refractivity contribution in [2.75, 3.05) is 5.32 Å². The summed E-state index contributed by atoms with van der Waals surface area (Å²) in [6.45, 7) is 0.443. The number of hydrogen-bond donors (Lipinski definition) is 4. The van der Waals surface area contributed by atoms with E-state index in [4.69, 9.17) is 0 Å². The van der Waals surface area contributed by atoms with Crippen LogP contribution >= 0.6 is 0 Å². The molecule has 0 bridgehead atoms. The third kappa shape index (κ3) is 2.01. The number of benzene rings is 1. The van der Waals surface area contributed by atoms with Crippen molar-refractivity contribution in [2.45, 2.75) is 6.54 Å². The second kappa shape index (κ2) is 4.45. The van der Waals surface area contributed by atoms with E-state index in [1.807, 2.05) is 0 Å². The lowest BCUT2D eigenvalue weighted by Crippen LogP contribution is -2.20. The van der Waals surface area contributed by atoms with Crippen LogP contribution < -0.4 is 16.4 Å². The molecule has 0 radical (unpaired) electrons. The van der Waals surface area contributed by atoms with E-state index < -0.39 is 0 Å². The number of hydrogen-bond acceptors (Lipinski definition) is 4. The first kappa shape index (κ1) is 11.3. The Morgan fingerprint density at radius 1 is 1.16 bits per heavy atom. The Morgan fingerprint density at radius 3 is 2.79 bits per heavy atom. The van der Waals surface area contributed by atoms with Gasteiger partial charge < -0.3 is 10.3 Å². The van der Waals surface area contributed by atoms with Gasteiger partial charge in [0, 0.05) is 18.1 Å². The second-order valence-electron chi connectivity index (χ2n) is 4.03. The first-order valence-corrected chi connectivity index (χ1v) is 5.71. The van der Waals surface area contributed by atoms with Gasteiger partial charge in [0.05, 0.1) is 17.3 Å². The average molecular weight is 257 g/mol. The Labute approximate surface area is 106 Å². The predicted molar refractivity (Wildman–Crippen MR) is 71.1 cm³/mol. The molecule has 1 aromatic carbocycles. The Morgan fingerprint density at radius 2 is 2.00 bits per heavy atom. The Bertz CT molecular complexity index is 816. The number of imidazole rings is 1. The highest BCUT2D eigenvalue weighted by Crippen LogP contribution is 2.16. The minimum Gasteiger partial charge on any atom is -0.377 e. The van der Waals surface area contributed by atoms with Gasteiger partial charge in [-0.3, -0.25) is 19.8 Å². The molecule has 0 aliphatic carbocycles. The van der Waals surface area contributed by atoms with Crippen LogP contribution in [0, 0.1) is 0 Å². The maximum Gasteiger partial charge on any atom is 0.272 e. The van der Waals surface area contributed by atoms with Crippen LogP contribution in [0.15, 0.2) is 40.2 Å². The van der Waals surface area contributed by atoms with Gasteiger partial charge in [0.25, 0.3) is 11.1 Å². The van der Waals surface area contributed by atoms with E-state index in [1.54, 1.807) is 30.6 Å². The molecule has 4 N–H and O–H groups in total. The molecule has 0 saturated carbocycles. The molecule has 0 atom stereocenters.